The van der Waals surface area contributed by atoms with Crippen molar-refractivity contribution in [3.63, 3.8) is 0 Å². The monoisotopic (exact) mass is 1640 g/mol. The van der Waals surface area contributed by atoms with Gasteiger partial charge in [0, 0.05) is 117 Å². The quantitative estimate of drug-likeness (QED) is 0.0180. The van der Waals surface area contributed by atoms with Crippen LogP contribution < -0.4 is 47.9 Å². The molecule has 0 atom stereocenters. The second-order valence-electron chi connectivity index (χ2n) is 23.7. The third kappa shape index (κ3) is 48.4. The van der Waals surface area contributed by atoms with Gasteiger partial charge in [-0.15, -0.1) is 0 Å². The summed E-state index contributed by atoms with van der Waals surface area (Å²) in [5.41, 5.74) is 9.11. The first-order chi connectivity index (χ1) is 53.5. The molecule has 8 rings (SSSR count). The lowest BCUT2D eigenvalue weighted by Crippen LogP contribution is -2.29. The Bertz CT molecular complexity index is 4160. The number of aliphatic hydroxyl groups excluding tert-OH is 1. The van der Waals surface area contributed by atoms with Gasteiger partial charge in [-0.1, -0.05) is 191 Å². The highest BCUT2D eigenvalue weighted by molar-refractivity contribution is 9.10. The van der Waals surface area contributed by atoms with E-state index in [9.17, 15) is 85.5 Å². The highest BCUT2D eigenvalue weighted by Gasteiger charge is 2.12. The zero-order valence-electron chi connectivity index (χ0n) is 63.7. The molecule has 0 aliphatic heterocycles. The third-order valence-corrected chi connectivity index (χ3v) is 14.9. The standard InChI is InChI=1S/C11H14N2O2.C11H13NO3.C11H13NO2.C10H10BrNO2.C10H10ClNO2.2C10H10FNO2.C10H11NO2/c1-12-10(14)7-11(15)13-8-9-5-3-2-4-6-9;1-8(14)11(15)12-6-9-2-4-10(7-13)5-3-9;1-8-3-5-10(6-4-8)7-12-11(14)9(2)13;3*1-7(13)10(14)12-6-8-2-4-9(11)5-3-8;1-7(13)10(14)12-6-8-3-2-4-9(11)5-8;1-8(12)10(13)11-7-9-5-3-2-4-6-9/h2-6H,7-8H2,1H3,(H,12,14)(H,13,15);2-5,13H,6-7H2,1H3,(H,12,15);3-6H,7H2,1-2H3,(H,12,14);4*2-5H,6H2,1H3,(H,12,14);2-6H,7H2,1H3,(H,11,13). The van der Waals surface area contributed by atoms with E-state index in [-0.39, 0.29) is 49.6 Å². The molecule has 0 aromatic heterocycles. The topological polar surface area (TPSA) is 402 Å². The van der Waals surface area contributed by atoms with Crippen molar-refractivity contribution in [2.45, 2.75) is 121 Å². The Morgan fingerprint density at radius 2 is 0.566 bits per heavy atom. The molecule has 30 heteroatoms. The summed E-state index contributed by atoms with van der Waals surface area (Å²) < 4.78 is 26.1. The minimum absolute atomic E-state index is 0.0000844. The third-order valence-electron chi connectivity index (χ3n) is 14.1. The van der Waals surface area contributed by atoms with Crippen LogP contribution in [-0.2, 0) is 136 Å². The van der Waals surface area contributed by atoms with E-state index >= 15 is 0 Å². The molecule has 0 bridgehead atoms. The van der Waals surface area contributed by atoms with Gasteiger partial charge in [-0.25, -0.2) is 8.78 Å². The summed E-state index contributed by atoms with van der Waals surface area (Å²) >= 11 is 8.99. The lowest BCUT2D eigenvalue weighted by Gasteiger charge is -2.04. The van der Waals surface area contributed by atoms with Crippen molar-refractivity contribution >= 4 is 121 Å². The van der Waals surface area contributed by atoms with E-state index in [1.807, 2.05) is 116 Å². The number of ketones is 7. The Kier molecular flexibility index (Phi) is 49.1. The maximum absolute atomic E-state index is 12.7. The fourth-order valence-corrected chi connectivity index (χ4v) is 8.15. The molecule has 0 aliphatic carbocycles. The lowest BCUT2D eigenvalue weighted by molar-refractivity contribution is -0.136. The van der Waals surface area contributed by atoms with Gasteiger partial charge < -0.3 is 53.0 Å². The summed E-state index contributed by atoms with van der Waals surface area (Å²) in [4.78, 5) is 172. The van der Waals surface area contributed by atoms with E-state index in [4.69, 9.17) is 16.7 Å². The number of amides is 9. The van der Waals surface area contributed by atoms with Crippen LogP contribution in [0.2, 0.25) is 5.02 Å². The number of halogens is 4. The summed E-state index contributed by atoms with van der Waals surface area (Å²) in [7, 11) is 1.51. The van der Waals surface area contributed by atoms with E-state index < -0.39 is 81.8 Å². The second-order valence-corrected chi connectivity index (χ2v) is 25.1. The van der Waals surface area contributed by atoms with E-state index in [0.717, 1.165) is 49.0 Å². The van der Waals surface area contributed by atoms with E-state index in [1.54, 1.807) is 72.8 Å². The number of carbonyl (C=O) groups is 16. The van der Waals surface area contributed by atoms with Gasteiger partial charge in [0.1, 0.15) is 18.1 Å². The summed E-state index contributed by atoms with van der Waals surface area (Å²) in [5.74, 6) is -8.76. The average molecular weight is 1640 g/mol. The molecule has 0 spiro atoms. The first-order valence-corrected chi connectivity index (χ1v) is 35.5. The maximum atomic E-state index is 12.7. The lowest BCUT2D eigenvalue weighted by atomic mass is 10.1. The molecule has 0 fully saturated rings. The summed E-state index contributed by atoms with van der Waals surface area (Å²) in [6, 6.07) is 60.1. The van der Waals surface area contributed by atoms with Crippen LogP contribution in [0.5, 0.6) is 0 Å². The molecule has 0 saturated heterocycles. The van der Waals surface area contributed by atoms with Gasteiger partial charge in [0.25, 0.3) is 41.4 Å². The van der Waals surface area contributed by atoms with Gasteiger partial charge in [-0.3, -0.25) is 76.7 Å². The fraction of sp³-hybridized carbons (Fsp3) is 0.229. The van der Waals surface area contributed by atoms with Gasteiger partial charge in [-0.05, 0) is 106 Å². The molecule has 8 aromatic rings. The van der Waals surface area contributed by atoms with E-state index in [0.29, 0.717) is 49.9 Å². The Balaban J connectivity index is 0.000000646. The zero-order chi connectivity index (χ0) is 84.8. The van der Waals surface area contributed by atoms with Crippen LogP contribution in [0.15, 0.2) is 211 Å². The van der Waals surface area contributed by atoms with Crippen LogP contribution in [0, 0.1) is 18.6 Å². The average Bonchev–Trinajstić information content (AvgIpc) is 0.920. The van der Waals surface area contributed by atoms with Crippen molar-refractivity contribution in [2.75, 3.05) is 7.05 Å². The van der Waals surface area contributed by atoms with Crippen molar-refractivity contribution in [2.24, 2.45) is 0 Å². The van der Waals surface area contributed by atoms with Crippen LogP contribution in [0.4, 0.5) is 8.78 Å². The molecule has 113 heavy (non-hydrogen) atoms. The van der Waals surface area contributed by atoms with Gasteiger partial charge in [0.2, 0.25) is 52.3 Å². The SMILES string of the molecule is CC(=O)C(=O)NCc1ccc(Br)cc1.CC(=O)C(=O)NCc1ccc(C)cc1.CC(=O)C(=O)NCc1ccc(CO)cc1.CC(=O)C(=O)NCc1ccc(Cl)cc1.CC(=O)C(=O)NCc1ccc(F)cc1.CC(=O)C(=O)NCc1cccc(F)c1.CC(=O)C(=O)NCc1ccccc1.CNC(=O)CC(=O)NCc1ccccc1. The van der Waals surface area contributed by atoms with Crippen molar-refractivity contribution < 1.29 is 90.6 Å². The molecule has 9 amide bonds. The molecule has 0 radical (unpaired) electrons. The number of rotatable bonds is 26. The van der Waals surface area contributed by atoms with Crippen LogP contribution in [0.3, 0.4) is 0 Å². The molecule has 0 unspecified atom stereocenters. The molecule has 26 nitrogen and oxygen atoms in total. The molecular formula is C83H91BrClF2N9O17. The predicted octanol–water partition coefficient (Wildman–Crippen LogP) is 8.18. The van der Waals surface area contributed by atoms with Crippen molar-refractivity contribution in [3.8, 4) is 0 Å². The predicted molar refractivity (Wildman–Crippen MR) is 423 cm³/mol. The summed E-state index contributed by atoms with van der Waals surface area (Å²) in [6.07, 6.45) is -0.122. The first-order valence-electron chi connectivity index (χ1n) is 34.3. The summed E-state index contributed by atoms with van der Waals surface area (Å²) in [5, 5.41) is 31.8. The number of Topliss-reactive ketones (excluding diaryl/α,β-unsaturated/α-hetero) is 7. The largest absolute Gasteiger partial charge is 0.392 e. The second kappa shape index (κ2) is 56.5. The van der Waals surface area contributed by atoms with Crippen molar-refractivity contribution in [1.82, 2.24) is 47.9 Å². The number of hydrogen-bond donors (Lipinski definition) is 10. The number of aryl methyl sites for hydroxylation is 1. The Hall–Kier alpha value is -12.7. The highest BCUT2D eigenvalue weighted by atomic mass is 79.9. The molecule has 10 N–H and O–H groups in total. The fourth-order valence-electron chi connectivity index (χ4n) is 7.76. The first kappa shape index (κ1) is 98.3. The molecular weight excluding hydrogens is 1550 g/mol. The minimum atomic E-state index is -0.658. The smallest absolute Gasteiger partial charge is 0.287 e. The maximum Gasteiger partial charge on any atom is 0.287 e. The van der Waals surface area contributed by atoms with Gasteiger partial charge in [0.05, 0.1) is 6.61 Å². The molecule has 0 aliphatic rings. The van der Waals surface area contributed by atoms with Crippen molar-refractivity contribution in [3.05, 3.63) is 283 Å². The van der Waals surface area contributed by atoms with Crippen LogP contribution >= 0.6 is 27.5 Å². The van der Waals surface area contributed by atoms with Gasteiger partial charge in [0.15, 0.2) is 0 Å². The van der Waals surface area contributed by atoms with Crippen LogP contribution in [0.1, 0.15) is 111 Å². The molecule has 8 aromatic carbocycles. The molecule has 598 valence electrons. The molecule has 0 saturated carbocycles. The Morgan fingerprint density at radius 3 is 0.867 bits per heavy atom. The number of carbonyl (C=O) groups excluding carboxylic acids is 16. The minimum Gasteiger partial charge on any atom is -0.392 e. The Labute approximate surface area is 666 Å². The number of nitrogens with one attached hydrogen (secondary N) is 9. The highest BCUT2D eigenvalue weighted by Crippen LogP contribution is 2.12. The number of aliphatic hydroxyl groups is 1. The summed E-state index contributed by atoms with van der Waals surface area (Å²) in [6.45, 7) is 13.3. The molecule has 0 heterocycles. The number of benzene rings is 8. The van der Waals surface area contributed by atoms with E-state index in [2.05, 4.69) is 63.8 Å². The Morgan fingerprint density at radius 1 is 0.310 bits per heavy atom. The van der Waals surface area contributed by atoms with Crippen LogP contribution in [-0.4, -0.2) is 106 Å². The van der Waals surface area contributed by atoms with Gasteiger partial charge in [-0.2, -0.15) is 0 Å². The van der Waals surface area contributed by atoms with Crippen molar-refractivity contribution in [1.29, 1.82) is 0 Å². The van der Waals surface area contributed by atoms with E-state index in [1.165, 1.54) is 85.3 Å². The normalized spacial score (nSPS) is 9.54. The number of hydrogen-bond acceptors (Lipinski definition) is 17. The zero-order valence-corrected chi connectivity index (χ0v) is 66.0. The van der Waals surface area contributed by atoms with Gasteiger partial charge >= 0.3 is 0 Å². The van der Waals surface area contributed by atoms with Crippen LogP contribution in [0.25, 0.3) is 0 Å².